The van der Waals surface area contributed by atoms with Crippen molar-refractivity contribution in [2.24, 2.45) is 0 Å². The number of ketones is 3. The van der Waals surface area contributed by atoms with Gasteiger partial charge in [0.25, 0.3) is 0 Å². The van der Waals surface area contributed by atoms with E-state index in [1.165, 1.54) is 0 Å². The fourth-order valence-electron chi connectivity index (χ4n) is 4.08. The van der Waals surface area contributed by atoms with E-state index in [4.69, 9.17) is 15.5 Å². The standard InChI is InChI=1S/C12H16O3.2C12H16O2.H2O/c13-12(9-5-2-6-10-15-14)11-7-3-1-4-8-11;2*13-10-6-2-5-9-12(14)11-7-3-1-4-8-11;/h1,3-4,7-8,14H,2,5-6,9-10H2;2*1,3-4,7-8,13H,2,5-6,9-10H2;1H2. The smallest absolute Gasteiger partial charge is 0.162 e. The minimum absolute atomic E-state index is 0. The van der Waals surface area contributed by atoms with E-state index in [0.29, 0.717) is 25.9 Å². The van der Waals surface area contributed by atoms with Gasteiger partial charge in [-0.25, -0.2) is 4.89 Å². The molecule has 0 saturated carbocycles. The minimum atomic E-state index is 0. The molecule has 0 saturated heterocycles. The monoisotopic (exact) mass is 610 g/mol. The SMILES string of the molecule is O.O=C(CCCCCO)c1ccccc1.O=C(CCCCCO)c1ccccc1.O=C(CCCCCOO)c1ccccc1. The molecule has 8 heteroatoms. The molecule has 3 aromatic carbocycles. The molecule has 242 valence electrons. The first-order chi connectivity index (χ1) is 21.0. The Bertz CT molecular complexity index is 1050. The molecule has 0 aliphatic carbocycles. The Labute approximate surface area is 262 Å². The van der Waals surface area contributed by atoms with Gasteiger partial charge >= 0.3 is 0 Å². The summed E-state index contributed by atoms with van der Waals surface area (Å²) in [6, 6.07) is 28.0. The Morgan fingerprint density at radius 1 is 0.455 bits per heavy atom. The van der Waals surface area contributed by atoms with Crippen LogP contribution in [-0.4, -0.2) is 58.1 Å². The molecule has 0 aliphatic heterocycles. The predicted octanol–water partition coefficient (Wildman–Crippen LogP) is 6.94. The average molecular weight is 611 g/mol. The van der Waals surface area contributed by atoms with Crippen molar-refractivity contribution in [1.29, 1.82) is 0 Å². The predicted molar refractivity (Wildman–Crippen MR) is 174 cm³/mol. The number of carbonyl (C=O) groups excluding carboxylic acids is 3. The lowest BCUT2D eigenvalue weighted by atomic mass is 10.1. The van der Waals surface area contributed by atoms with Crippen LogP contribution in [0.3, 0.4) is 0 Å². The molecular weight excluding hydrogens is 560 g/mol. The summed E-state index contributed by atoms with van der Waals surface area (Å²) in [4.78, 5) is 38.6. The first-order valence-electron chi connectivity index (χ1n) is 15.3. The molecule has 0 unspecified atom stereocenters. The number of benzene rings is 3. The van der Waals surface area contributed by atoms with Gasteiger partial charge < -0.3 is 15.7 Å². The number of hydrogen-bond donors (Lipinski definition) is 3. The second-order valence-electron chi connectivity index (χ2n) is 10.1. The van der Waals surface area contributed by atoms with Gasteiger partial charge in [-0.1, -0.05) is 110 Å². The first-order valence-corrected chi connectivity index (χ1v) is 15.3. The molecular formula is C36H50O8. The molecule has 0 atom stereocenters. The highest BCUT2D eigenvalue weighted by atomic mass is 17.1. The summed E-state index contributed by atoms with van der Waals surface area (Å²) in [7, 11) is 0. The van der Waals surface area contributed by atoms with Crippen molar-refractivity contribution in [3.63, 3.8) is 0 Å². The zero-order chi connectivity index (χ0) is 31.4. The van der Waals surface area contributed by atoms with E-state index in [-0.39, 0.29) is 36.0 Å². The average Bonchev–Trinajstić information content (AvgIpc) is 3.06. The highest BCUT2D eigenvalue weighted by Gasteiger charge is 2.05. The number of unbranched alkanes of at least 4 members (excludes halogenated alkanes) is 6. The van der Waals surface area contributed by atoms with Crippen molar-refractivity contribution in [2.45, 2.75) is 77.0 Å². The molecule has 8 nitrogen and oxygen atoms in total. The van der Waals surface area contributed by atoms with Gasteiger partial charge in [-0.15, -0.1) is 0 Å². The van der Waals surface area contributed by atoms with Crippen molar-refractivity contribution in [3.8, 4) is 0 Å². The van der Waals surface area contributed by atoms with Gasteiger partial charge in [0, 0.05) is 49.2 Å². The van der Waals surface area contributed by atoms with E-state index in [9.17, 15) is 14.4 Å². The lowest BCUT2D eigenvalue weighted by Crippen LogP contribution is -1.98. The van der Waals surface area contributed by atoms with Gasteiger partial charge in [0.2, 0.25) is 0 Å². The van der Waals surface area contributed by atoms with Crippen LogP contribution in [0.15, 0.2) is 91.0 Å². The molecule has 0 fully saturated rings. The van der Waals surface area contributed by atoms with Crippen molar-refractivity contribution in [2.75, 3.05) is 19.8 Å². The lowest BCUT2D eigenvalue weighted by Gasteiger charge is -2.00. The Hall–Kier alpha value is -3.53. The molecule has 5 N–H and O–H groups in total. The summed E-state index contributed by atoms with van der Waals surface area (Å²) >= 11 is 0. The van der Waals surface area contributed by atoms with Gasteiger partial charge in [0.05, 0.1) is 6.61 Å². The minimum Gasteiger partial charge on any atom is -0.412 e. The summed E-state index contributed by atoms with van der Waals surface area (Å²) in [6.45, 7) is 0.790. The highest BCUT2D eigenvalue weighted by molar-refractivity contribution is 5.96. The normalized spacial score (nSPS) is 9.89. The lowest BCUT2D eigenvalue weighted by molar-refractivity contribution is -0.242. The maximum Gasteiger partial charge on any atom is 0.162 e. The van der Waals surface area contributed by atoms with Crippen LogP contribution >= 0.6 is 0 Å². The van der Waals surface area contributed by atoms with Gasteiger partial charge in [0.1, 0.15) is 0 Å². The highest BCUT2D eigenvalue weighted by Crippen LogP contribution is 2.09. The van der Waals surface area contributed by atoms with Crippen LogP contribution in [0, 0.1) is 0 Å². The Morgan fingerprint density at radius 3 is 1.02 bits per heavy atom. The van der Waals surface area contributed by atoms with E-state index in [2.05, 4.69) is 4.89 Å². The second kappa shape index (κ2) is 28.3. The van der Waals surface area contributed by atoms with Crippen LogP contribution in [0.25, 0.3) is 0 Å². The third-order valence-corrected chi connectivity index (χ3v) is 6.55. The third-order valence-electron chi connectivity index (χ3n) is 6.55. The van der Waals surface area contributed by atoms with Gasteiger partial charge in [0.15, 0.2) is 17.3 Å². The zero-order valence-electron chi connectivity index (χ0n) is 25.7. The van der Waals surface area contributed by atoms with Gasteiger partial charge in [-0.2, -0.15) is 0 Å². The topological polar surface area (TPSA) is 153 Å². The Kier molecular flexibility index (Phi) is 26.0. The summed E-state index contributed by atoms with van der Waals surface area (Å²) in [5, 5.41) is 25.2. The number of rotatable bonds is 19. The largest absolute Gasteiger partial charge is 0.412 e. The summed E-state index contributed by atoms with van der Waals surface area (Å²) in [5.41, 5.74) is 2.35. The van der Waals surface area contributed by atoms with Gasteiger partial charge in [-0.3, -0.25) is 19.6 Å². The first kappa shape index (κ1) is 40.5. The molecule has 0 amide bonds. The maximum absolute atomic E-state index is 11.6. The van der Waals surface area contributed by atoms with Crippen LogP contribution in [0.2, 0.25) is 0 Å². The summed E-state index contributed by atoms with van der Waals surface area (Å²) in [5.74, 6) is 0.576. The van der Waals surface area contributed by atoms with Crippen LogP contribution in [0.5, 0.6) is 0 Å². The zero-order valence-corrected chi connectivity index (χ0v) is 25.7. The van der Waals surface area contributed by atoms with E-state index in [1.807, 2.05) is 91.0 Å². The fourth-order valence-corrected chi connectivity index (χ4v) is 4.08. The quantitative estimate of drug-likeness (QED) is 0.0575. The molecule has 0 aliphatic rings. The fraction of sp³-hybridized carbons (Fsp3) is 0.417. The van der Waals surface area contributed by atoms with E-state index in [1.54, 1.807) is 0 Å². The van der Waals surface area contributed by atoms with Crippen LogP contribution < -0.4 is 0 Å². The van der Waals surface area contributed by atoms with Crippen LogP contribution in [0.4, 0.5) is 0 Å². The molecule has 44 heavy (non-hydrogen) atoms. The number of aliphatic hydroxyl groups excluding tert-OH is 2. The molecule has 0 spiro atoms. The Morgan fingerprint density at radius 2 is 0.750 bits per heavy atom. The number of hydrogen-bond acceptors (Lipinski definition) is 7. The molecule has 0 aromatic heterocycles. The Balaban J connectivity index is 0.000000624. The van der Waals surface area contributed by atoms with E-state index in [0.717, 1.165) is 74.5 Å². The maximum atomic E-state index is 11.6. The second-order valence-corrected chi connectivity index (χ2v) is 10.1. The van der Waals surface area contributed by atoms with E-state index >= 15 is 0 Å². The van der Waals surface area contributed by atoms with Gasteiger partial charge in [-0.05, 0) is 38.5 Å². The molecule has 0 radical (unpaired) electrons. The summed E-state index contributed by atoms with van der Waals surface area (Å²) in [6.07, 6.45) is 9.45. The van der Waals surface area contributed by atoms with Crippen molar-refractivity contribution < 1.29 is 40.2 Å². The van der Waals surface area contributed by atoms with Crippen molar-refractivity contribution in [3.05, 3.63) is 108 Å². The number of aliphatic hydroxyl groups is 2. The molecule has 0 heterocycles. The van der Waals surface area contributed by atoms with E-state index < -0.39 is 0 Å². The molecule has 3 aromatic rings. The van der Waals surface area contributed by atoms with Crippen molar-refractivity contribution in [1.82, 2.24) is 0 Å². The van der Waals surface area contributed by atoms with Crippen molar-refractivity contribution >= 4 is 17.3 Å². The number of carbonyl (C=O) groups is 3. The summed E-state index contributed by atoms with van der Waals surface area (Å²) < 4.78 is 0. The molecule has 3 rings (SSSR count). The third kappa shape index (κ3) is 20.4. The molecule has 0 bridgehead atoms. The van der Waals surface area contributed by atoms with Crippen LogP contribution in [-0.2, 0) is 4.89 Å². The van der Waals surface area contributed by atoms with Crippen LogP contribution in [0.1, 0.15) is 108 Å². The number of Topliss-reactive ketones (excluding diaryl/α,β-unsaturated/α-hetero) is 3.